The molecule has 2 heterocycles. The number of anilines is 2. The van der Waals surface area contributed by atoms with Crippen LogP contribution in [0.3, 0.4) is 0 Å². The summed E-state index contributed by atoms with van der Waals surface area (Å²) >= 11 is 0. The zero-order valence-corrected chi connectivity index (χ0v) is 13.1. The highest BCUT2D eigenvalue weighted by molar-refractivity contribution is 6.01. The number of hydrogen-bond acceptors (Lipinski definition) is 4. The third-order valence-electron chi connectivity index (χ3n) is 3.88. The van der Waals surface area contributed by atoms with Crippen molar-refractivity contribution in [2.24, 2.45) is 0 Å². The number of carbonyl (C=O) groups excluding carboxylic acids is 1. The predicted molar refractivity (Wildman–Crippen MR) is 86.9 cm³/mol. The summed E-state index contributed by atoms with van der Waals surface area (Å²) in [7, 11) is 0. The zero-order valence-electron chi connectivity index (χ0n) is 13.1. The molecule has 1 aliphatic rings. The Hall–Kier alpha value is -2.43. The minimum atomic E-state index is -0.246. The first-order chi connectivity index (χ1) is 10.5. The maximum Gasteiger partial charge on any atom is 0.249 e. The van der Waals surface area contributed by atoms with E-state index < -0.39 is 0 Å². The topological polar surface area (TPSA) is 58.1 Å². The van der Waals surface area contributed by atoms with Gasteiger partial charge in [-0.15, -0.1) is 0 Å². The summed E-state index contributed by atoms with van der Waals surface area (Å²) in [6, 6.07) is 11.6. The quantitative estimate of drug-likeness (QED) is 0.946. The number of hydrogen-bond donors (Lipinski definition) is 1. The van der Waals surface area contributed by atoms with E-state index in [0.29, 0.717) is 11.6 Å². The summed E-state index contributed by atoms with van der Waals surface area (Å²) < 4.78 is 0. The van der Waals surface area contributed by atoms with Crippen LogP contribution in [-0.4, -0.2) is 28.0 Å². The molecule has 2 unspecified atom stereocenters. The van der Waals surface area contributed by atoms with Gasteiger partial charge in [0, 0.05) is 23.5 Å². The molecule has 1 N–H and O–H groups in total. The SMILES string of the molecule is Cc1cc(NC2CC(C)N(c3ccccc3)C2=O)nc(C)n1. The number of nitrogens with one attached hydrogen (secondary N) is 1. The molecule has 1 amide bonds. The lowest BCUT2D eigenvalue weighted by atomic mass is 10.2. The van der Waals surface area contributed by atoms with Crippen LogP contribution in [0.5, 0.6) is 0 Å². The minimum Gasteiger partial charge on any atom is -0.358 e. The van der Waals surface area contributed by atoms with Gasteiger partial charge < -0.3 is 10.2 Å². The lowest BCUT2D eigenvalue weighted by molar-refractivity contribution is -0.117. The van der Waals surface area contributed by atoms with E-state index in [0.717, 1.165) is 17.8 Å². The Kier molecular flexibility index (Phi) is 3.79. The van der Waals surface area contributed by atoms with Crippen molar-refractivity contribution in [2.45, 2.75) is 39.3 Å². The molecule has 5 nitrogen and oxygen atoms in total. The number of aryl methyl sites for hydroxylation is 2. The number of aromatic nitrogens is 2. The van der Waals surface area contributed by atoms with Crippen LogP contribution in [-0.2, 0) is 4.79 Å². The highest BCUT2D eigenvalue weighted by Gasteiger charge is 2.38. The Bertz CT molecular complexity index is 666. The predicted octanol–water partition coefficient (Wildman–Crippen LogP) is 2.70. The van der Waals surface area contributed by atoms with Crippen LogP contribution in [0.1, 0.15) is 24.9 Å². The van der Waals surface area contributed by atoms with E-state index in [4.69, 9.17) is 0 Å². The summed E-state index contributed by atoms with van der Waals surface area (Å²) in [5.74, 6) is 1.51. The van der Waals surface area contributed by atoms with Crippen molar-refractivity contribution < 1.29 is 4.79 Å². The van der Waals surface area contributed by atoms with Gasteiger partial charge in [0.05, 0.1) is 0 Å². The van der Waals surface area contributed by atoms with Crippen LogP contribution in [0.25, 0.3) is 0 Å². The lowest BCUT2D eigenvalue weighted by Crippen LogP contribution is -2.35. The van der Waals surface area contributed by atoms with Crippen molar-refractivity contribution >= 4 is 17.4 Å². The lowest BCUT2D eigenvalue weighted by Gasteiger charge is -2.21. The molecule has 2 atom stereocenters. The second kappa shape index (κ2) is 5.75. The first kappa shape index (κ1) is 14.5. The number of nitrogens with zero attached hydrogens (tertiary/aromatic N) is 3. The van der Waals surface area contributed by atoms with Crippen molar-refractivity contribution in [1.82, 2.24) is 9.97 Å². The molecule has 3 rings (SSSR count). The molecule has 0 radical (unpaired) electrons. The molecule has 1 fully saturated rings. The maximum absolute atomic E-state index is 12.7. The number of para-hydroxylation sites is 1. The van der Waals surface area contributed by atoms with E-state index in [1.165, 1.54) is 0 Å². The second-order valence-electron chi connectivity index (χ2n) is 5.77. The largest absolute Gasteiger partial charge is 0.358 e. The normalized spacial score (nSPS) is 21.2. The van der Waals surface area contributed by atoms with Crippen LogP contribution < -0.4 is 10.2 Å². The number of benzene rings is 1. The Labute approximate surface area is 130 Å². The van der Waals surface area contributed by atoms with Gasteiger partial charge in [-0.1, -0.05) is 18.2 Å². The third-order valence-corrected chi connectivity index (χ3v) is 3.88. The minimum absolute atomic E-state index is 0.0904. The van der Waals surface area contributed by atoms with Crippen LogP contribution >= 0.6 is 0 Å². The van der Waals surface area contributed by atoms with Crippen LogP contribution in [0.4, 0.5) is 11.5 Å². The molecule has 0 bridgehead atoms. The molecule has 5 heteroatoms. The van der Waals surface area contributed by atoms with Gasteiger partial charge in [-0.05, 0) is 39.3 Å². The molecule has 0 saturated carbocycles. The van der Waals surface area contributed by atoms with E-state index >= 15 is 0 Å². The summed E-state index contributed by atoms with van der Waals surface area (Å²) in [5.41, 5.74) is 1.84. The van der Waals surface area contributed by atoms with Gasteiger partial charge in [0.15, 0.2) is 0 Å². The van der Waals surface area contributed by atoms with Crippen LogP contribution in [0, 0.1) is 13.8 Å². The van der Waals surface area contributed by atoms with Crippen molar-refractivity contribution in [2.75, 3.05) is 10.2 Å². The van der Waals surface area contributed by atoms with E-state index in [-0.39, 0.29) is 18.0 Å². The van der Waals surface area contributed by atoms with Crippen molar-refractivity contribution in [3.05, 3.63) is 47.9 Å². The van der Waals surface area contributed by atoms with Crippen molar-refractivity contribution in [3.63, 3.8) is 0 Å². The van der Waals surface area contributed by atoms with Crippen LogP contribution in [0.2, 0.25) is 0 Å². The molecule has 22 heavy (non-hydrogen) atoms. The van der Waals surface area contributed by atoms with Crippen LogP contribution in [0.15, 0.2) is 36.4 Å². The molecule has 2 aromatic rings. The Morgan fingerprint density at radius 2 is 1.91 bits per heavy atom. The van der Waals surface area contributed by atoms with Crippen molar-refractivity contribution in [3.8, 4) is 0 Å². The van der Waals surface area contributed by atoms with Gasteiger partial charge in [-0.25, -0.2) is 9.97 Å². The fraction of sp³-hybridized carbons (Fsp3) is 0.353. The monoisotopic (exact) mass is 296 g/mol. The summed E-state index contributed by atoms with van der Waals surface area (Å²) in [6.07, 6.45) is 0.760. The Balaban J connectivity index is 1.80. The molecule has 114 valence electrons. The molecule has 0 aliphatic carbocycles. The zero-order chi connectivity index (χ0) is 15.7. The number of amides is 1. The van der Waals surface area contributed by atoms with Gasteiger partial charge in [0.25, 0.3) is 0 Å². The van der Waals surface area contributed by atoms with Gasteiger partial charge in [0.1, 0.15) is 17.7 Å². The fourth-order valence-electron chi connectivity index (χ4n) is 2.99. The fourth-order valence-corrected chi connectivity index (χ4v) is 2.99. The summed E-state index contributed by atoms with van der Waals surface area (Å²) in [6.45, 7) is 5.85. The molecular formula is C17H20N4O. The standard InChI is InChI=1S/C17H20N4O/c1-11-9-16(19-13(3)18-11)20-15-10-12(2)21(17(15)22)14-7-5-4-6-8-14/h4-9,12,15H,10H2,1-3H3,(H,18,19,20). The molecule has 1 aromatic carbocycles. The number of carbonyl (C=O) groups is 1. The molecule has 1 saturated heterocycles. The molecule has 1 aliphatic heterocycles. The Morgan fingerprint density at radius 3 is 2.59 bits per heavy atom. The highest BCUT2D eigenvalue weighted by Crippen LogP contribution is 2.28. The molecular weight excluding hydrogens is 276 g/mol. The average Bonchev–Trinajstić information content (AvgIpc) is 2.73. The van der Waals surface area contributed by atoms with E-state index in [9.17, 15) is 4.79 Å². The number of rotatable bonds is 3. The van der Waals surface area contributed by atoms with E-state index in [1.54, 1.807) is 0 Å². The van der Waals surface area contributed by atoms with Gasteiger partial charge in [-0.3, -0.25) is 4.79 Å². The average molecular weight is 296 g/mol. The first-order valence-electron chi connectivity index (χ1n) is 7.51. The Morgan fingerprint density at radius 1 is 1.18 bits per heavy atom. The third kappa shape index (κ3) is 2.79. The molecule has 1 aromatic heterocycles. The van der Waals surface area contributed by atoms with E-state index in [2.05, 4.69) is 22.2 Å². The summed E-state index contributed by atoms with van der Waals surface area (Å²) in [5, 5.41) is 3.26. The van der Waals surface area contributed by atoms with Crippen molar-refractivity contribution in [1.29, 1.82) is 0 Å². The molecule has 0 spiro atoms. The summed E-state index contributed by atoms with van der Waals surface area (Å²) in [4.78, 5) is 23.2. The van der Waals surface area contributed by atoms with Gasteiger partial charge in [-0.2, -0.15) is 0 Å². The first-order valence-corrected chi connectivity index (χ1v) is 7.51. The maximum atomic E-state index is 12.7. The highest BCUT2D eigenvalue weighted by atomic mass is 16.2. The van der Waals surface area contributed by atoms with E-state index in [1.807, 2.05) is 55.1 Å². The van der Waals surface area contributed by atoms with Gasteiger partial charge in [0.2, 0.25) is 5.91 Å². The smallest absolute Gasteiger partial charge is 0.249 e. The van der Waals surface area contributed by atoms with Gasteiger partial charge >= 0.3 is 0 Å². The second-order valence-corrected chi connectivity index (χ2v) is 5.77.